The summed E-state index contributed by atoms with van der Waals surface area (Å²) in [6, 6.07) is 17.3. The van der Waals surface area contributed by atoms with E-state index >= 15 is 0 Å². The van der Waals surface area contributed by atoms with E-state index in [9.17, 15) is 14.4 Å². The van der Waals surface area contributed by atoms with Crippen LogP contribution in [-0.4, -0.2) is 33.7 Å². The third-order valence-corrected chi connectivity index (χ3v) is 5.35. The van der Waals surface area contributed by atoms with Gasteiger partial charge in [-0.25, -0.2) is 0 Å². The van der Waals surface area contributed by atoms with Crippen molar-refractivity contribution in [1.29, 1.82) is 0 Å². The zero-order valence-corrected chi connectivity index (χ0v) is 19.2. The maximum atomic E-state index is 12.7. The fourth-order valence-corrected chi connectivity index (χ4v) is 3.41. The third kappa shape index (κ3) is 6.06. The lowest BCUT2D eigenvalue weighted by Gasteiger charge is -2.20. The molecule has 2 amide bonds. The summed E-state index contributed by atoms with van der Waals surface area (Å²) in [6.07, 6.45) is -1.14. The highest BCUT2D eigenvalue weighted by Crippen LogP contribution is 2.21. The number of rotatable bonds is 8. The molecule has 8 nitrogen and oxygen atoms in total. The number of esters is 1. The van der Waals surface area contributed by atoms with Gasteiger partial charge >= 0.3 is 5.97 Å². The summed E-state index contributed by atoms with van der Waals surface area (Å²) in [5.74, 6) is -1.35. The van der Waals surface area contributed by atoms with Gasteiger partial charge in [0.15, 0.2) is 6.10 Å². The molecule has 0 aliphatic carbocycles. The zero-order valence-electron chi connectivity index (χ0n) is 19.2. The van der Waals surface area contributed by atoms with Crippen molar-refractivity contribution in [3.05, 3.63) is 83.2 Å². The van der Waals surface area contributed by atoms with Gasteiger partial charge in [-0.3, -0.25) is 19.1 Å². The molecule has 2 unspecified atom stereocenters. The number of hydrogen-bond donors (Lipinski definition) is 2. The van der Waals surface area contributed by atoms with E-state index in [-0.39, 0.29) is 12.3 Å². The summed E-state index contributed by atoms with van der Waals surface area (Å²) in [6.45, 7) is 5.14. The molecule has 0 fully saturated rings. The van der Waals surface area contributed by atoms with Gasteiger partial charge in [0.05, 0.1) is 29.5 Å². The van der Waals surface area contributed by atoms with Gasteiger partial charge in [-0.2, -0.15) is 5.10 Å². The minimum absolute atomic E-state index is 0.120. The Morgan fingerprint density at radius 1 is 1.00 bits per heavy atom. The number of aryl methyl sites for hydroxylation is 2. The summed E-state index contributed by atoms with van der Waals surface area (Å²) >= 11 is 0. The number of carbonyl (C=O) groups is 3. The largest absolute Gasteiger partial charge is 0.452 e. The van der Waals surface area contributed by atoms with Crippen LogP contribution < -0.4 is 10.6 Å². The molecule has 33 heavy (non-hydrogen) atoms. The van der Waals surface area contributed by atoms with E-state index in [0.29, 0.717) is 16.9 Å². The lowest BCUT2D eigenvalue weighted by molar-refractivity contribution is -0.153. The molecule has 0 radical (unpaired) electrons. The predicted molar refractivity (Wildman–Crippen MR) is 125 cm³/mol. The minimum Gasteiger partial charge on any atom is -0.452 e. The first-order chi connectivity index (χ1) is 15.8. The van der Waals surface area contributed by atoms with Gasteiger partial charge in [0, 0.05) is 12.6 Å². The number of nitrogens with zero attached hydrogens (tertiary/aromatic N) is 2. The second-order valence-electron chi connectivity index (χ2n) is 7.80. The van der Waals surface area contributed by atoms with Gasteiger partial charge in [0.2, 0.25) is 0 Å². The second-order valence-corrected chi connectivity index (χ2v) is 7.80. The molecule has 0 spiro atoms. The first-order valence-electron chi connectivity index (χ1n) is 10.7. The molecule has 8 heteroatoms. The predicted octanol–water partition coefficient (Wildman–Crippen LogP) is 3.47. The third-order valence-electron chi connectivity index (χ3n) is 5.35. The summed E-state index contributed by atoms with van der Waals surface area (Å²) < 4.78 is 7.05. The lowest BCUT2D eigenvalue weighted by Crippen LogP contribution is -2.34. The van der Waals surface area contributed by atoms with Gasteiger partial charge in [0.1, 0.15) is 0 Å². The van der Waals surface area contributed by atoms with Crippen LogP contribution in [0.25, 0.3) is 0 Å². The van der Waals surface area contributed by atoms with Crippen LogP contribution in [0.2, 0.25) is 0 Å². The molecule has 3 aromatic rings. The van der Waals surface area contributed by atoms with Crippen molar-refractivity contribution in [2.24, 2.45) is 7.05 Å². The van der Waals surface area contributed by atoms with Gasteiger partial charge in [0.25, 0.3) is 11.8 Å². The monoisotopic (exact) mass is 448 g/mol. The highest BCUT2D eigenvalue weighted by Gasteiger charge is 2.24. The van der Waals surface area contributed by atoms with Crippen molar-refractivity contribution < 1.29 is 19.1 Å². The Balaban J connectivity index is 1.66. The summed E-state index contributed by atoms with van der Waals surface area (Å²) in [4.78, 5) is 37.9. The van der Waals surface area contributed by atoms with Crippen LogP contribution in [0.5, 0.6) is 0 Å². The van der Waals surface area contributed by atoms with E-state index in [1.807, 2.05) is 43.3 Å². The Hall–Kier alpha value is -3.94. The molecule has 2 N–H and O–H groups in total. The number of hydrogen-bond acceptors (Lipinski definition) is 5. The van der Waals surface area contributed by atoms with Crippen molar-refractivity contribution in [1.82, 2.24) is 15.1 Å². The van der Waals surface area contributed by atoms with Crippen molar-refractivity contribution in [3.63, 3.8) is 0 Å². The quantitative estimate of drug-likeness (QED) is 0.514. The van der Waals surface area contributed by atoms with Crippen LogP contribution in [0, 0.1) is 13.8 Å². The summed E-state index contributed by atoms with van der Waals surface area (Å²) in [5, 5.41) is 9.93. The van der Waals surface area contributed by atoms with Crippen molar-refractivity contribution in [3.8, 4) is 0 Å². The molecule has 0 aliphatic heterocycles. The maximum absolute atomic E-state index is 12.7. The van der Waals surface area contributed by atoms with Crippen LogP contribution in [0.4, 0.5) is 5.69 Å². The lowest BCUT2D eigenvalue weighted by atomic mass is 10.0. The minimum atomic E-state index is -1.02. The van der Waals surface area contributed by atoms with E-state index in [2.05, 4.69) is 15.7 Å². The molecule has 2 aromatic carbocycles. The van der Waals surface area contributed by atoms with E-state index in [0.717, 1.165) is 11.3 Å². The number of nitrogens with one attached hydrogen (secondary N) is 2. The van der Waals surface area contributed by atoms with E-state index in [4.69, 9.17) is 4.74 Å². The van der Waals surface area contributed by atoms with Crippen LogP contribution >= 0.6 is 0 Å². The van der Waals surface area contributed by atoms with E-state index in [1.165, 1.54) is 6.92 Å². The average Bonchev–Trinajstić information content (AvgIpc) is 3.05. The molecule has 0 saturated carbocycles. The summed E-state index contributed by atoms with van der Waals surface area (Å²) in [7, 11) is 1.79. The standard InChI is InChI=1S/C25H28N4O4/c1-16-23(17(2)29(4)28-16)27-24(31)18(3)33-22(30)15-21(19-11-7-5-8-12-19)26-25(32)20-13-9-6-10-14-20/h5-14,18,21H,15H2,1-4H3,(H,26,32)(H,27,31). The van der Waals surface area contributed by atoms with Crippen LogP contribution in [0.15, 0.2) is 60.7 Å². The van der Waals surface area contributed by atoms with Crippen molar-refractivity contribution in [2.45, 2.75) is 39.3 Å². The highest BCUT2D eigenvalue weighted by atomic mass is 16.5. The Morgan fingerprint density at radius 3 is 2.18 bits per heavy atom. The Kier molecular flexibility index (Phi) is 7.61. The van der Waals surface area contributed by atoms with Crippen LogP contribution in [0.1, 0.15) is 46.7 Å². The molecule has 172 valence electrons. The normalized spacial score (nSPS) is 12.5. The van der Waals surface area contributed by atoms with E-state index in [1.54, 1.807) is 42.9 Å². The number of ether oxygens (including phenoxy) is 1. The molecular weight excluding hydrogens is 420 g/mol. The van der Waals surface area contributed by atoms with Gasteiger partial charge < -0.3 is 15.4 Å². The molecule has 0 saturated heterocycles. The molecule has 0 bridgehead atoms. The smallest absolute Gasteiger partial charge is 0.309 e. The Labute approximate surface area is 193 Å². The van der Waals surface area contributed by atoms with Gasteiger partial charge in [-0.05, 0) is 38.5 Å². The average molecular weight is 449 g/mol. The summed E-state index contributed by atoms with van der Waals surface area (Å²) in [5.41, 5.74) is 3.32. The van der Waals surface area contributed by atoms with Crippen molar-refractivity contribution >= 4 is 23.5 Å². The van der Waals surface area contributed by atoms with Crippen molar-refractivity contribution in [2.75, 3.05) is 5.32 Å². The first kappa shape index (κ1) is 23.7. The SMILES string of the molecule is Cc1nn(C)c(C)c1NC(=O)C(C)OC(=O)CC(NC(=O)c1ccccc1)c1ccccc1. The molecule has 0 aliphatic rings. The molecular formula is C25H28N4O4. The number of aromatic nitrogens is 2. The fourth-order valence-electron chi connectivity index (χ4n) is 3.41. The molecule has 1 aromatic heterocycles. The first-order valence-corrected chi connectivity index (χ1v) is 10.7. The van der Waals surface area contributed by atoms with E-state index < -0.39 is 24.0 Å². The number of benzene rings is 2. The Morgan fingerprint density at radius 2 is 1.61 bits per heavy atom. The Bertz CT molecular complexity index is 1130. The molecule has 1 heterocycles. The maximum Gasteiger partial charge on any atom is 0.309 e. The van der Waals surface area contributed by atoms with Crippen LogP contribution in [0.3, 0.4) is 0 Å². The fraction of sp³-hybridized carbons (Fsp3) is 0.280. The molecule has 3 rings (SSSR count). The number of amides is 2. The second kappa shape index (κ2) is 10.6. The number of anilines is 1. The van der Waals surface area contributed by atoms with Crippen LogP contribution in [-0.2, 0) is 21.4 Å². The van der Waals surface area contributed by atoms with Gasteiger partial charge in [-0.15, -0.1) is 0 Å². The molecule has 2 atom stereocenters. The topological polar surface area (TPSA) is 102 Å². The highest BCUT2D eigenvalue weighted by molar-refractivity contribution is 5.96. The van der Waals surface area contributed by atoms with Gasteiger partial charge in [-0.1, -0.05) is 48.5 Å². The zero-order chi connectivity index (χ0) is 24.0. The number of carbonyl (C=O) groups excluding carboxylic acids is 3.